The Balaban J connectivity index is 0.962. The smallest absolute Gasteiger partial charge is 0.0505 e. The molecule has 3 unspecified atom stereocenters. The Morgan fingerprint density at radius 3 is 1.40 bits per heavy atom. The average molecular weight is 927 g/mol. The fraction of sp³-hybridized carbons (Fsp3) is 0.171. The lowest BCUT2D eigenvalue weighted by atomic mass is 9.63. The molecule has 2 nitrogen and oxygen atoms in total. The van der Waals surface area contributed by atoms with Crippen LogP contribution in [0.3, 0.4) is 0 Å². The van der Waals surface area contributed by atoms with Crippen LogP contribution in [0.15, 0.2) is 231 Å². The molecule has 1 spiro atoms. The molecule has 10 aromatic carbocycles. The van der Waals surface area contributed by atoms with E-state index < -0.39 is 0 Å². The molecule has 0 radical (unpaired) electrons. The molecular formula is C70H58N2. The summed E-state index contributed by atoms with van der Waals surface area (Å²) in [7, 11) is 0. The molecule has 0 aromatic heterocycles. The molecule has 348 valence electrons. The maximum atomic E-state index is 2.63. The lowest BCUT2D eigenvalue weighted by molar-refractivity contribution is 0.258. The van der Waals surface area contributed by atoms with Gasteiger partial charge in [0.05, 0.1) is 11.4 Å². The topological polar surface area (TPSA) is 6.48 Å². The number of para-hydroxylation sites is 2. The van der Waals surface area contributed by atoms with Gasteiger partial charge < -0.3 is 9.80 Å². The quantitative estimate of drug-likeness (QED) is 0.150. The van der Waals surface area contributed by atoms with Gasteiger partial charge in [-0.2, -0.15) is 0 Å². The summed E-state index contributed by atoms with van der Waals surface area (Å²) in [5.74, 6) is 0.970. The molecule has 2 heteroatoms. The van der Waals surface area contributed by atoms with Gasteiger partial charge in [-0.3, -0.25) is 0 Å². The predicted octanol–water partition coefficient (Wildman–Crippen LogP) is 18.6. The molecule has 0 bridgehead atoms. The largest absolute Gasteiger partial charge is 0.310 e. The second-order valence-electron chi connectivity index (χ2n) is 21.5. The molecule has 10 aromatic rings. The van der Waals surface area contributed by atoms with Gasteiger partial charge in [0.15, 0.2) is 0 Å². The molecule has 0 heterocycles. The van der Waals surface area contributed by atoms with Crippen LogP contribution in [-0.4, -0.2) is 0 Å². The summed E-state index contributed by atoms with van der Waals surface area (Å²) in [4.78, 5) is 5.22. The van der Waals surface area contributed by atoms with Crippen LogP contribution in [0.2, 0.25) is 0 Å². The fourth-order valence-corrected chi connectivity index (χ4v) is 14.4. The number of rotatable bonds is 8. The SMILES string of the molecule is CC1(C)c2ccccc2-c2ccc(N(c3ccccc3)c3cccc4c3C35c6c(cccc6N(c6ccccc6)c6ccc(-c7cc8ccccc8cc7-c7ccccc7)cc6)CC3CCCCC5C4)cc21. The third-order valence-corrected chi connectivity index (χ3v) is 17.4. The first-order valence-corrected chi connectivity index (χ1v) is 26.3. The number of benzene rings is 10. The van der Waals surface area contributed by atoms with Gasteiger partial charge in [0.1, 0.15) is 0 Å². The van der Waals surface area contributed by atoms with E-state index in [1.54, 1.807) is 11.1 Å². The van der Waals surface area contributed by atoms with E-state index in [4.69, 9.17) is 0 Å². The highest BCUT2D eigenvalue weighted by Crippen LogP contribution is 2.67. The van der Waals surface area contributed by atoms with Crippen molar-refractivity contribution >= 4 is 44.9 Å². The Kier molecular flexibility index (Phi) is 10.0. The Bertz CT molecular complexity index is 3680. The van der Waals surface area contributed by atoms with E-state index in [9.17, 15) is 0 Å². The fourth-order valence-electron chi connectivity index (χ4n) is 14.4. The van der Waals surface area contributed by atoms with Gasteiger partial charge in [-0.05, 0) is 188 Å². The molecule has 0 N–H and O–H groups in total. The van der Waals surface area contributed by atoms with Crippen LogP contribution in [0.5, 0.6) is 0 Å². The normalized spacial score (nSPS) is 18.8. The van der Waals surface area contributed by atoms with Gasteiger partial charge in [-0.1, -0.05) is 184 Å². The number of fused-ring (bicyclic) bond motifs is 6. The van der Waals surface area contributed by atoms with Crippen LogP contribution < -0.4 is 9.80 Å². The van der Waals surface area contributed by atoms with E-state index in [-0.39, 0.29) is 10.8 Å². The summed E-state index contributed by atoms with van der Waals surface area (Å²) in [6.45, 7) is 4.81. The molecule has 3 atom stereocenters. The standard InChI is InChI=1S/C70H58N2/c1-69(2)63-33-17-16-32-59(63)60-41-40-58(46-64(60)69)72(56-30-10-5-11-31-56)66-35-19-25-52-43-54-27-15-14-26-53-42-51-24-18-34-65(67(51)70(53,54)68(52)66)71(55-28-8-4-9-29-55)57-38-36-48(37-39-57)62-45-50-23-13-12-22-49(50)44-61(62)47-20-6-3-7-21-47/h3-13,16-25,28-41,44-46,53-54H,14-15,26-27,42-43H2,1-2H3. The summed E-state index contributed by atoms with van der Waals surface area (Å²) >= 11 is 0. The van der Waals surface area contributed by atoms with Gasteiger partial charge in [0, 0.05) is 33.6 Å². The van der Waals surface area contributed by atoms with E-state index in [1.807, 2.05) is 0 Å². The maximum absolute atomic E-state index is 2.63. The molecule has 4 aliphatic rings. The summed E-state index contributed by atoms with van der Waals surface area (Å²) in [6.07, 6.45) is 7.19. The molecule has 1 fully saturated rings. The predicted molar refractivity (Wildman–Crippen MR) is 302 cm³/mol. The van der Waals surface area contributed by atoms with Gasteiger partial charge in [0.2, 0.25) is 0 Å². The minimum atomic E-state index is -0.184. The van der Waals surface area contributed by atoms with E-state index in [0.29, 0.717) is 11.8 Å². The molecule has 4 aliphatic carbocycles. The van der Waals surface area contributed by atoms with Crippen LogP contribution >= 0.6 is 0 Å². The van der Waals surface area contributed by atoms with Crippen LogP contribution in [0.1, 0.15) is 72.9 Å². The number of nitrogens with zero attached hydrogens (tertiary/aromatic N) is 2. The van der Waals surface area contributed by atoms with Crippen molar-refractivity contribution < 1.29 is 0 Å². The van der Waals surface area contributed by atoms with Gasteiger partial charge in [-0.15, -0.1) is 0 Å². The Morgan fingerprint density at radius 1 is 0.361 bits per heavy atom. The first-order valence-electron chi connectivity index (χ1n) is 26.3. The highest BCUT2D eigenvalue weighted by Gasteiger charge is 2.59. The molecule has 0 aliphatic heterocycles. The van der Waals surface area contributed by atoms with E-state index in [0.717, 1.165) is 12.8 Å². The van der Waals surface area contributed by atoms with Crippen molar-refractivity contribution in [3.63, 3.8) is 0 Å². The number of anilines is 6. The first-order chi connectivity index (χ1) is 35.5. The minimum Gasteiger partial charge on any atom is -0.310 e. The third-order valence-electron chi connectivity index (χ3n) is 17.4. The summed E-state index contributed by atoms with van der Waals surface area (Å²) < 4.78 is 0. The number of hydrogen-bond acceptors (Lipinski definition) is 2. The second-order valence-corrected chi connectivity index (χ2v) is 21.5. The molecular weight excluding hydrogens is 869 g/mol. The maximum Gasteiger partial charge on any atom is 0.0505 e. The molecule has 1 saturated carbocycles. The average Bonchev–Trinajstić information content (AvgIpc) is 3.98. The first kappa shape index (κ1) is 42.9. The minimum absolute atomic E-state index is 0.114. The van der Waals surface area contributed by atoms with Crippen LogP contribution in [0.4, 0.5) is 34.1 Å². The Morgan fingerprint density at radius 2 is 0.819 bits per heavy atom. The lowest BCUT2D eigenvalue weighted by Crippen LogP contribution is -2.39. The van der Waals surface area contributed by atoms with Crippen molar-refractivity contribution in [2.45, 2.75) is 63.2 Å². The number of hydrogen-bond donors (Lipinski definition) is 0. The van der Waals surface area contributed by atoms with E-state index >= 15 is 0 Å². The lowest BCUT2D eigenvalue weighted by Gasteiger charge is -2.43. The van der Waals surface area contributed by atoms with E-state index in [2.05, 4.69) is 254 Å². The van der Waals surface area contributed by atoms with Crippen molar-refractivity contribution in [3.8, 4) is 33.4 Å². The summed E-state index contributed by atoms with van der Waals surface area (Å²) in [5.41, 5.74) is 23.7. The Labute approximate surface area is 424 Å². The highest BCUT2D eigenvalue weighted by molar-refractivity contribution is 5.97. The zero-order valence-electron chi connectivity index (χ0n) is 41.2. The molecule has 14 rings (SSSR count). The van der Waals surface area contributed by atoms with Crippen molar-refractivity contribution in [3.05, 3.63) is 264 Å². The van der Waals surface area contributed by atoms with Gasteiger partial charge >= 0.3 is 0 Å². The summed E-state index contributed by atoms with van der Waals surface area (Å²) in [5, 5.41) is 2.51. The monoisotopic (exact) mass is 926 g/mol. The van der Waals surface area contributed by atoms with Crippen LogP contribution in [0, 0.1) is 11.8 Å². The zero-order chi connectivity index (χ0) is 48.0. The van der Waals surface area contributed by atoms with Gasteiger partial charge in [0.25, 0.3) is 0 Å². The van der Waals surface area contributed by atoms with Gasteiger partial charge in [-0.25, -0.2) is 0 Å². The van der Waals surface area contributed by atoms with Crippen LogP contribution in [0.25, 0.3) is 44.2 Å². The molecule has 72 heavy (non-hydrogen) atoms. The van der Waals surface area contributed by atoms with Crippen molar-refractivity contribution in [2.75, 3.05) is 9.80 Å². The van der Waals surface area contributed by atoms with Crippen molar-refractivity contribution in [1.29, 1.82) is 0 Å². The third kappa shape index (κ3) is 6.54. The molecule has 0 amide bonds. The van der Waals surface area contributed by atoms with E-state index in [1.165, 1.54) is 126 Å². The van der Waals surface area contributed by atoms with Crippen molar-refractivity contribution in [2.24, 2.45) is 11.8 Å². The second kappa shape index (κ2) is 16.8. The zero-order valence-corrected chi connectivity index (χ0v) is 41.2. The highest BCUT2D eigenvalue weighted by atomic mass is 15.2. The Hall–Kier alpha value is -7.94. The van der Waals surface area contributed by atoms with Crippen LogP contribution in [-0.2, 0) is 23.7 Å². The molecule has 0 saturated heterocycles. The van der Waals surface area contributed by atoms with Crippen molar-refractivity contribution in [1.82, 2.24) is 0 Å². The summed E-state index contributed by atoms with van der Waals surface area (Å²) in [6, 6.07) is 87.1.